The van der Waals surface area contributed by atoms with Gasteiger partial charge in [0.1, 0.15) is 11.5 Å². The van der Waals surface area contributed by atoms with E-state index in [0.29, 0.717) is 18.8 Å². The molecule has 4 nitrogen and oxygen atoms in total. The van der Waals surface area contributed by atoms with Crippen LogP contribution in [0, 0.1) is 0 Å². The number of nitrogens with two attached hydrogens (primary N) is 1. The van der Waals surface area contributed by atoms with E-state index in [9.17, 15) is 5.11 Å². The van der Waals surface area contributed by atoms with Crippen LogP contribution in [-0.4, -0.2) is 30.2 Å². The summed E-state index contributed by atoms with van der Waals surface area (Å²) in [6.07, 6.45) is 0. The molecular weight excluding hydrogens is 264 g/mol. The van der Waals surface area contributed by atoms with Crippen LogP contribution in [0.25, 0.3) is 0 Å². The second-order valence-corrected chi connectivity index (χ2v) is 4.98. The van der Waals surface area contributed by atoms with E-state index in [0.717, 1.165) is 18.7 Å². The third kappa shape index (κ3) is 4.48. The van der Waals surface area contributed by atoms with Crippen LogP contribution in [0.1, 0.15) is 11.1 Å². The third-order valence-electron chi connectivity index (χ3n) is 3.38. The molecule has 112 valence electrons. The molecule has 3 N–H and O–H groups in total. The van der Waals surface area contributed by atoms with Crippen molar-refractivity contribution in [3.63, 3.8) is 0 Å². The number of phenols is 1. The molecule has 0 heterocycles. The first-order chi connectivity index (χ1) is 10.2. The summed E-state index contributed by atoms with van der Waals surface area (Å²) in [6, 6.07) is 15.6. The van der Waals surface area contributed by atoms with Crippen molar-refractivity contribution in [3.05, 3.63) is 59.7 Å². The van der Waals surface area contributed by atoms with Crippen molar-refractivity contribution in [2.45, 2.75) is 13.1 Å². The summed E-state index contributed by atoms with van der Waals surface area (Å²) < 4.78 is 5.10. The van der Waals surface area contributed by atoms with Crippen LogP contribution in [0.4, 0.5) is 0 Å². The number of benzene rings is 2. The number of hydrogen-bond donors (Lipinski definition) is 2. The molecule has 0 aliphatic carbocycles. The largest absolute Gasteiger partial charge is 0.507 e. The van der Waals surface area contributed by atoms with Crippen molar-refractivity contribution >= 4 is 0 Å². The van der Waals surface area contributed by atoms with Gasteiger partial charge in [0.25, 0.3) is 0 Å². The van der Waals surface area contributed by atoms with Crippen LogP contribution < -0.4 is 10.5 Å². The highest BCUT2D eigenvalue weighted by molar-refractivity contribution is 5.39. The number of ether oxygens (including phenoxy) is 1. The molecule has 0 bridgehead atoms. The lowest BCUT2D eigenvalue weighted by molar-refractivity contribution is 0.260. The van der Waals surface area contributed by atoms with Gasteiger partial charge in [-0.15, -0.1) is 0 Å². The summed E-state index contributed by atoms with van der Waals surface area (Å²) >= 11 is 0. The highest BCUT2D eigenvalue weighted by Crippen LogP contribution is 2.25. The minimum Gasteiger partial charge on any atom is -0.507 e. The molecule has 0 aliphatic heterocycles. The van der Waals surface area contributed by atoms with Gasteiger partial charge in [-0.3, -0.25) is 4.90 Å². The van der Waals surface area contributed by atoms with Gasteiger partial charge in [-0.05, 0) is 11.6 Å². The van der Waals surface area contributed by atoms with Gasteiger partial charge in [0.2, 0.25) is 0 Å². The molecule has 4 heteroatoms. The molecule has 2 rings (SSSR count). The fraction of sp³-hybridized carbons (Fsp3) is 0.294. The molecule has 2 aromatic carbocycles. The van der Waals surface area contributed by atoms with Crippen molar-refractivity contribution < 1.29 is 9.84 Å². The number of methoxy groups -OCH3 is 1. The summed E-state index contributed by atoms with van der Waals surface area (Å²) in [5, 5.41) is 10.1. The predicted molar refractivity (Wildman–Crippen MR) is 84.3 cm³/mol. The summed E-state index contributed by atoms with van der Waals surface area (Å²) in [6.45, 7) is 2.83. The SMILES string of the molecule is COc1ccc(CN(CCN)Cc2ccccc2)c(O)c1. The highest BCUT2D eigenvalue weighted by Gasteiger charge is 2.10. The maximum Gasteiger partial charge on any atom is 0.123 e. The van der Waals surface area contributed by atoms with E-state index >= 15 is 0 Å². The van der Waals surface area contributed by atoms with Crippen LogP contribution >= 0.6 is 0 Å². The molecular formula is C17H22N2O2. The average Bonchev–Trinajstić information content (AvgIpc) is 2.50. The van der Waals surface area contributed by atoms with Gasteiger partial charge < -0.3 is 15.6 Å². The molecule has 0 unspecified atom stereocenters. The predicted octanol–water partition coefficient (Wildman–Crippen LogP) is 2.36. The van der Waals surface area contributed by atoms with E-state index in [2.05, 4.69) is 17.0 Å². The highest BCUT2D eigenvalue weighted by atomic mass is 16.5. The molecule has 0 saturated carbocycles. The molecule has 0 aliphatic rings. The van der Waals surface area contributed by atoms with E-state index in [1.165, 1.54) is 5.56 Å². The Kier molecular flexibility index (Phi) is 5.60. The zero-order valence-electron chi connectivity index (χ0n) is 12.3. The monoisotopic (exact) mass is 286 g/mol. The Labute approximate surface area is 125 Å². The Morgan fingerprint density at radius 3 is 2.48 bits per heavy atom. The first-order valence-electron chi connectivity index (χ1n) is 7.05. The van der Waals surface area contributed by atoms with Crippen LogP contribution in [0.5, 0.6) is 11.5 Å². The molecule has 0 aromatic heterocycles. The number of aromatic hydroxyl groups is 1. The molecule has 0 radical (unpaired) electrons. The first kappa shape index (κ1) is 15.4. The molecule has 2 aromatic rings. The van der Waals surface area contributed by atoms with Gasteiger partial charge in [-0.2, -0.15) is 0 Å². The minimum atomic E-state index is 0.254. The van der Waals surface area contributed by atoms with Gasteiger partial charge in [-0.25, -0.2) is 0 Å². The topological polar surface area (TPSA) is 58.7 Å². The number of rotatable bonds is 7. The Morgan fingerprint density at radius 1 is 1.10 bits per heavy atom. The van der Waals surface area contributed by atoms with Crippen molar-refractivity contribution in [3.8, 4) is 11.5 Å². The van der Waals surface area contributed by atoms with Crippen LogP contribution in [-0.2, 0) is 13.1 Å². The Bertz CT molecular complexity index is 558. The summed E-state index contributed by atoms with van der Waals surface area (Å²) in [4.78, 5) is 2.22. The molecule has 0 fully saturated rings. The fourth-order valence-corrected chi connectivity index (χ4v) is 2.28. The number of phenolic OH excluding ortho intramolecular Hbond substituents is 1. The van der Waals surface area contributed by atoms with E-state index in [1.807, 2.05) is 30.3 Å². The van der Waals surface area contributed by atoms with Gasteiger partial charge in [0, 0.05) is 37.8 Å². The normalized spacial score (nSPS) is 10.8. The smallest absolute Gasteiger partial charge is 0.123 e. The molecule has 21 heavy (non-hydrogen) atoms. The van der Waals surface area contributed by atoms with Crippen molar-refractivity contribution in [1.29, 1.82) is 0 Å². The zero-order chi connectivity index (χ0) is 15.1. The second kappa shape index (κ2) is 7.67. The number of hydrogen-bond acceptors (Lipinski definition) is 4. The van der Waals surface area contributed by atoms with Crippen LogP contribution in [0.15, 0.2) is 48.5 Å². The zero-order valence-corrected chi connectivity index (χ0v) is 12.3. The molecule has 0 amide bonds. The molecule has 0 atom stereocenters. The van der Waals surface area contributed by atoms with Gasteiger partial charge in [0.05, 0.1) is 7.11 Å². The van der Waals surface area contributed by atoms with Crippen LogP contribution in [0.3, 0.4) is 0 Å². The van der Waals surface area contributed by atoms with Crippen molar-refractivity contribution in [2.24, 2.45) is 5.73 Å². The number of nitrogens with zero attached hydrogens (tertiary/aromatic N) is 1. The molecule has 0 spiro atoms. The lowest BCUT2D eigenvalue weighted by atomic mass is 10.1. The van der Waals surface area contributed by atoms with E-state index in [4.69, 9.17) is 10.5 Å². The van der Waals surface area contributed by atoms with Gasteiger partial charge in [-0.1, -0.05) is 36.4 Å². The maximum atomic E-state index is 10.1. The minimum absolute atomic E-state index is 0.254. The van der Waals surface area contributed by atoms with E-state index < -0.39 is 0 Å². The van der Waals surface area contributed by atoms with Crippen molar-refractivity contribution in [1.82, 2.24) is 4.90 Å². The Hall–Kier alpha value is -2.04. The first-order valence-corrected chi connectivity index (χ1v) is 7.05. The standard InChI is InChI=1S/C17H22N2O2/c1-21-16-8-7-15(17(20)11-16)13-19(10-9-18)12-14-5-3-2-4-6-14/h2-8,11,20H,9-10,12-13,18H2,1H3. The van der Waals surface area contributed by atoms with E-state index in [-0.39, 0.29) is 5.75 Å². The summed E-state index contributed by atoms with van der Waals surface area (Å²) in [7, 11) is 1.59. The van der Waals surface area contributed by atoms with E-state index in [1.54, 1.807) is 13.2 Å². The maximum absolute atomic E-state index is 10.1. The fourth-order valence-electron chi connectivity index (χ4n) is 2.28. The third-order valence-corrected chi connectivity index (χ3v) is 3.38. The van der Waals surface area contributed by atoms with Gasteiger partial charge >= 0.3 is 0 Å². The van der Waals surface area contributed by atoms with Gasteiger partial charge in [0.15, 0.2) is 0 Å². The average molecular weight is 286 g/mol. The second-order valence-electron chi connectivity index (χ2n) is 4.98. The molecule has 0 saturated heterocycles. The summed E-state index contributed by atoms with van der Waals surface area (Å²) in [5.41, 5.74) is 7.81. The quantitative estimate of drug-likeness (QED) is 0.820. The summed E-state index contributed by atoms with van der Waals surface area (Å²) in [5.74, 6) is 0.911. The Morgan fingerprint density at radius 2 is 1.86 bits per heavy atom. The lowest BCUT2D eigenvalue weighted by Gasteiger charge is -2.22. The lowest BCUT2D eigenvalue weighted by Crippen LogP contribution is -2.28. The Balaban J connectivity index is 2.09. The van der Waals surface area contributed by atoms with Crippen molar-refractivity contribution in [2.75, 3.05) is 20.2 Å². The van der Waals surface area contributed by atoms with Crippen LogP contribution in [0.2, 0.25) is 0 Å².